The summed E-state index contributed by atoms with van der Waals surface area (Å²) in [5.74, 6) is -0.263. The van der Waals surface area contributed by atoms with Crippen molar-refractivity contribution in [3.8, 4) is 45.0 Å². The van der Waals surface area contributed by atoms with Crippen molar-refractivity contribution in [2.75, 3.05) is 0 Å². The fourth-order valence-electron chi connectivity index (χ4n) is 4.78. The molecule has 0 bridgehead atoms. The van der Waals surface area contributed by atoms with Crippen LogP contribution in [0.1, 0.15) is 15.9 Å². The molecule has 7 heteroatoms. The molecular formula is C35H20Br2Cl2N2O. The third-order valence-corrected chi connectivity index (χ3v) is 8.66. The van der Waals surface area contributed by atoms with E-state index in [0.717, 1.165) is 11.1 Å². The molecule has 2 heterocycles. The van der Waals surface area contributed by atoms with Gasteiger partial charge in [0.15, 0.2) is 5.78 Å². The molecule has 0 aliphatic rings. The van der Waals surface area contributed by atoms with Crippen molar-refractivity contribution >= 4 is 60.8 Å². The monoisotopic (exact) mass is 712 g/mol. The zero-order chi connectivity index (χ0) is 29.2. The van der Waals surface area contributed by atoms with E-state index in [-0.39, 0.29) is 5.78 Å². The molecule has 6 aromatic rings. The summed E-state index contributed by atoms with van der Waals surface area (Å²) in [7, 11) is 0. The van der Waals surface area contributed by atoms with Gasteiger partial charge in [-0.25, -0.2) is 9.97 Å². The number of halogens is 4. The minimum absolute atomic E-state index is 0.263. The molecule has 0 aliphatic heterocycles. The van der Waals surface area contributed by atoms with Crippen molar-refractivity contribution in [1.82, 2.24) is 9.97 Å². The van der Waals surface area contributed by atoms with E-state index in [2.05, 4.69) is 31.9 Å². The maximum Gasteiger partial charge on any atom is 0.197 e. The lowest BCUT2D eigenvalue weighted by Crippen LogP contribution is -2.10. The van der Waals surface area contributed by atoms with E-state index < -0.39 is 0 Å². The van der Waals surface area contributed by atoms with Crippen molar-refractivity contribution in [3.63, 3.8) is 0 Å². The summed E-state index contributed by atoms with van der Waals surface area (Å²) >= 11 is 20.7. The average Bonchev–Trinajstić information content (AvgIpc) is 3.02. The topological polar surface area (TPSA) is 42.9 Å². The molecule has 6 rings (SSSR count). The number of hydrogen-bond donors (Lipinski definition) is 0. The summed E-state index contributed by atoms with van der Waals surface area (Å²) in [5, 5.41) is 0.982. The van der Waals surface area contributed by atoms with Gasteiger partial charge in [0, 0.05) is 41.2 Å². The highest BCUT2D eigenvalue weighted by molar-refractivity contribution is 9.11. The van der Waals surface area contributed by atoms with Crippen molar-refractivity contribution in [2.45, 2.75) is 0 Å². The van der Waals surface area contributed by atoms with Crippen molar-refractivity contribution < 1.29 is 4.79 Å². The molecule has 3 nitrogen and oxygen atoms in total. The van der Waals surface area contributed by atoms with Crippen LogP contribution in [0.15, 0.2) is 130 Å². The highest BCUT2D eigenvalue weighted by atomic mass is 79.9. The predicted molar refractivity (Wildman–Crippen MR) is 179 cm³/mol. The van der Waals surface area contributed by atoms with Gasteiger partial charge in [0.2, 0.25) is 0 Å². The number of benzene rings is 4. The Morgan fingerprint density at radius 1 is 0.500 bits per heavy atom. The lowest BCUT2D eigenvalue weighted by molar-refractivity contribution is 0.103. The first kappa shape index (κ1) is 28.5. The van der Waals surface area contributed by atoms with Gasteiger partial charge in [0.05, 0.1) is 33.9 Å². The van der Waals surface area contributed by atoms with Crippen LogP contribution in [0.5, 0.6) is 0 Å². The Kier molecular flexibility index (Phi) is 8.36. The SMILES string of the molecule is O=C(c1cc(Br)c(-c2ccccc2)nc1-c1ccccc1Cl)c1cc(Br)c(-c2ccccc2)nc1-c1ccccc1Cl. The van der Waals surface area contributed by atoms with Crippen LogP contribution in [0.4, 0.5) is 0 Å². The maximum atomic E-state index is 14.6. The zero-order valence-corrected chi connectivity index (χ0v) is 26.5. The van der Waals surface area contributed by atoms with Gasteiger partial charge in [0.1, 0.15) is 0 Å². The number of aromatic nitrogens is 2. The summed E-state index contributed by atoms with van der Waals surface area (Å²) in [6.07, 6.45) is 0. The fourth-order valence-corrected chi connectivity index (χ4v) is 6.33. The maximum absolute atomic E-state index is 14.6. The van der Waals surface area contributed by atoms with Crippen LogP contribution in [0.25, 0.3) is 45.0 Å². The largest absolute Gasteiger partial charge is 0.288 e. The molecule has 2 aromatic heterocycles. The minimum Gasteiger partial charge on any atom is -0.288 e. The first-order valence-corrected chi connectivity index (χ1v) is 15.3. The Bertz CT molecular complexity index is 1810. The van der Waals surface area contributed by atoms with Gasteiger partial charge >= 0.3 is 0 Å². The fraction of sp³-hybridized carbons (Fsp3) is 0. The Morgan fingerprint density at radius 2 is 0.857 bits per heavy atom. The molecule has 0 unspecified atom stereocenters. The van der Waals surface area contributed by atoms with E-state index in [1.165, 1.54) is 0 Å². The van der Waals surface area contributed by atoms with Gasteiger partial charge in [-0.05, 0) is 56.1 Å². The van der Waals surface area contributed by atoms with E-state index in [0.29, 0.717) is 64.0 Å². The average molecular weight is 715 g/mol. The molecule has 0 radical (unpaired) electrons. The molecule has 0 saturated carbocycles. The molecule has 0 spiro atoms. The molecule has 0 amide bonds. The van der Waals surface area contributed by atoms with Crippen LogP contribution in [0.3, 0.4) is 0 Å². The Balaban J connectivity index is 1.61. The first-order chi connectivity index (χ1) is 20.4. The lowest BCUT2D eigenvalue weighted by atomic mass is 9.93. The van der Waals surface area contributed by atoms with Gasteiger partial charge in [-0.15, -0.1) is 0 Å². The first-order valence-electron chi connectivity index (χ1n) is 13.0. The Hall–Kier alpha value is -3.61. The smallest absolute Gasteiger partial charge is 0.197 e. The van der Waals surface area contributed by atoms with E-state index in [9.17, 15) is 4.79 Å². The number of carbonyl (C=O) groups excluding carboxylic acids is 1. The second kappa shape index (κ2) is 12.3. The number of ketones is 1. The minimum atomic E-state index is -0.263. The second-order valence-electron chi connectivity index (χ2n) is 9.45. The van der Waals surface area contributed by atoms with Gasteiger partial charge in [-0.1, -0.05) is 120 Å². The standard InChI is InChI=1S/C35H20Br2Cl2N2O/c36-27-19-25(33(23-15-7-9-17-29(23)38)40-31(27)21-11-3-1-4-12-21)35(42)26-20-28(37)32(22-13-5-2-6-14-22)41-34(26)24-16-8-10-18-30(24)39/h1-20H. The highest BCUT2D eigenvalue weighted by Crippen LogP contribution is 2.40. The highest BCUT2D eigenvalue weighted by Gasteiger charge is 2.26. The van der Waals surface area contributed by atoms with Crippen molar-refractivity contribution in [2.24, 2.45) is 0 Å². The molecule has 0 fully saturated rings. The van der Waals surface area contributed by atoms with Gasteiger partial charge in [-0.2, -0.15) is 0 Å². The summed E-state index contributed by atoms with van der Waals surface area (Å²) in [6.45, 7) is 0. The number of carbonyl (C=O) groups is 1. The third kappa shape index (κ3) is 5.58. The number of hydrogen-bond acceptors (Lipinski definition) is 3. The number of rotatable bonds is 6. The zero-order valence-electron chi connectivity index (χ0n) is 21.9. The van der Waals surface area contributed by atoms with Crippen LogP contribution in [-0.4, -0.2) is 15.8 Å². The summed E-state index contributed by atoms with van der Waals surface area (Å²) in [5.41, 5.74) is 6.23. The van der Waals surface area contributed by atoms with E-state index in [1.54, 1.807) is 12.1 Å². The molecule has 42 heavy (non-hydrogen) atoms. The molecule has 0 aliphatic carbocycles. The third-order valence-electron chi connectivity index (χ3n) is 6.79. The molecule has 0 atom stereocenters. The lowest BCUT2D eigenvalue weighted by Gasteiger charge is -2.17. The molecular weight excluding hydrogens is 695 g/mol. The second-order valence-corrected chi connectivity index (χ2v) is 12.0. The summed E-state index contributed by atoms with van der Waals surface area (Å²) in [4.78, 5) is 24.7. The molecule has 204 valence electrons. The van der Waals surface area contributed by atoms with Crippen LogP contribution >= 0.6 is 55.1 Å². The Labute approximate surface area is 270 Å². The number of pyridine rings is 2. The normalized spacial score (nSPS) is 11.0. The van der Waals surface area contributed by atoms with Gasteiger partial charge in [-0.3, -0.25) is 4.79 Å². The van der Waals surface area contributed by atoms with Crippen molar-refractivity contribution in [3.05, 3.63) is 151 Å². The van der Waals surface area contributed by atoms with Crippen LogP contribution in [0.2, 0.25) is 10.0 Å². The summed E-state index contributed by atoms with van der Waals surface area (Å²) in [6, 6.07) is 38.0. The van der Waals surface area contributed by atoms with Gasteiger partial charge < -0.3 is 0 Å². The quantitative estimate of drug-likeness (QED) is 0.161. The van der Waals surface area contributed by atoms with Crippen LogP contribution in [-0.2, 0) is 0 Å². The molecule has 4 aromatic carbocycles. The van der Waals surface area contributed by atoms with Gasteiger partial charge in [0.25, 0.3) is 0 Å². The van der Waals surface area contributed by atoms with Crippen molar-refractivity contribution in [1.29, 1.82) is 0 Å². The molecule has 0 N–H and O–H groups in total. The predicted octanol–water partition coefficient (Wildman–Crippen LogP) is 11.2. The summed E-state index contributed by atoms with van der Waals surface area (Å²) < 4.78 is 1.36. The van der Waals surface area contributed by atoms with E-state index in [4.69, 9.17) is 33.2 Å². The number of nitrogens with zero attached hydrogens (tertiary/aromatic N) is 2. The van der Waals surface area contributed by atoms with E-state index >= 15 is 0 Å². The Morgan fingerprint density at radius 3 is 1.24 bits per heavy atom. The van der Waals surface area contributed by atoms with E-state index in [1.807, 2.05) is 109 Å². The van der Waals surface area contributed by atoms with Crippen LogP contribution in [0, 0.1) is 0 Å². The molecule has 0 saturated heterocycles. The van der Waals surface area contributed by atoms with Crippen LogP contribution < -0.4 is 0 Å².